The predicted octanol–water partition coefficient (Wildman–Crippen LogP) is 2.33. The Hall–Kier alpha value is -0.860. The molecule has 1 aromatic rings. The number of benzene rings is 1. The van der Waals surface area contributed by atoms with Crippen LogP contribution < -0.4 is 5.32 Å². The third-order valence-electron chi connectivity index (χ3n) is 3.29. The van der Waals surface area contributed by atoms with Gasteiger partial charge in [0.15, 0.2) is 0 Å². The number of hydrogen-bond acceptors (Lipinski definition) is 2. The Labute approximate surface area is 98.0 Å². The Balaban J connectivity index is 2.04. The van der Waals surface area contributed by atoms with Crippen molar-refractivity contribution in [2.75, 3.05) is 26.8 Å². The first-order chi connectivity index (χ1) is 7.79. The van der Waals surface area contributed by atoms with E-state index < -0.39 is 0 Å². The van der Waals surface area contributed by atoms with Gasteiger partial charge in [-0.2, -0.15) is 0 Å². The van der Waals surface area contributed by atoms with Gasteiger partial charge in [-0.25, -0.2) is 0 Å². The fourth-order valence-electron chi connectivity index (χ4n) is 2.33. The molecule has 0 aliphatic carbocycles. The highest BCUT2D eigenvalue weighted by atomic mass is 16.5. The van der Waals surface area contributed by atoms with E-state index in [0.29, 0.717) is 5.92 Å². The standard InChI is InChI=1S/C14H21NO/c1-11-4-3-5-13(6-11)14(8-15-2)7-12-9-16-10-12/h3-6,12,14-15H,7-10H2,1-2H3. The summed E-state index contributed by atoms with van der Waals surface area (Å²) in [4.78, 5) is 0. The van der Waals surface area contributed by atoms with Gasteiger partial charge in [0.1, 0.15) is 0 Å². The zero-order chi connectivity index (χ0) is 11.4. The maximum Gasteiger partial charge on any atom is 0.0516 e. The molecule has 1 N–H and O–H groups in total. The Morgan fingerprint density at radius 3 is 2.81 bits per heavy atom. The summed E-state index contributed by atoms with van der Waals surface area (Å²) in [5.74, 6) is 1.39. The second kappa shape index (κ2) is 5.46. The Bertz CT molecular complexity index is 333. The van der Waals surface area contributed by atoms with Gasteiger partial charge in [0.2, 0.25) is 0 Å². The topological polar surface area (TPSA) is 21.3 Å². The number of rotatable bonds is 5. The normalized spacial score (nSPS) is 18.1. The van der Waals surface area contributed by atoms with E-state index in [1.54, 1.807) is 0 Å². The van der Waals surface area contributed by atoms with Crippen molar-refractivity contribution >= 4 is 0 Å². The number of aryl methyl sites for hydroxylation is 1. The molecule has 16 heavy (non-hydrogen) atoms. The molecular weight excluding hydrogens is 198 g/mol. The molecule has 0 radical (unpaired) electrons. The Kier molecular flexibility index (Phi) is 3.97. The van der Waals surface area contributed by atoms with Crippen LogP contribution in [-0.2, 0) is 4.74 Å². The summed E-state index contributed by atoms with van der Waals surface area (Å²) in [6, 6.07) is 8.87. The highest BCUT2D eigenvalue weighted by Crippen LogP contribution is 2.27. The monoisotopic (exact) mass is 219 g/mol. The van der Waals surface area contributed by atoms with Crippen LogP contribution in [0.4, 0.5) is 0 Å². The molecule has 1 saturated heterocycles. The molecule has 88 valence electrons. The molecule has 1 atom stereocenters. The average molecular weight is 219 g/mol. The summed E-state index contributed by atoms with van der Waals surface area (Å²) >= 11 is 0. The van der Waals surface area contributed by atoms with E-state index in [4.69, 9.17) is 4.74 Å². The second-order valence-corrected chi connectivity index (χ2v) is 4.81. The van der Waals surface area contributed by atoms with Gasteiger partial charge in [0.25, 0.3) is 0 Å². The highest BCUT2D eigenvalue weighted by Gasteiger charge is 2.23. The van der Waals surface area contributed by atoms with Crippen LogP contribution in [0.25, 0.3) is 0 Å². The third kappa shape index (κ3) is 2.83. The minimum Gasteiger partial charge on any atom is -0.381 e. The largest absolute Gasteiger partial charge is 0.381 e. The molecule has 1 heterocycles. The molecule has 0 aromatic heterocycles. The molecule has 0 spiro atoms. The van der Waals surface area contributed by atoms with Gasteiger partial charge in [-0.15, -0.1) is 0 Å². The van der Waals surface area contributed by atoms with Gasteiger partial charge in [-0.3, -0.25) is 0 Å². The maximum atomic E-state index is 5.25. The number of likely N-dealkylation sites (N-methyl/N-ethyl adjacent to an activating group) is 1. The lowest BCUT2D eigenvalue weighted by Gasteiger charge is -2.30. The van der Waals surface area contributed by atoms with Crippen LogP contribution in [0.15, 0.2) is 24.3 Å². The third-order valence-corrected chi connectivity index (χ3v) is 3.29. The van der Waals surface area contributed by atoms with Gasteiger partial charge >= 0.3 is 0 Å². The van der Waals surface area contributed by atoms with Crippen LogP contribution in [0.5, 0.6) is 0 Å². The quantitative estimate of drug-likeness (QED) is 0.820. The molecule has 0 saturated carbocycles. The van der Waals surface area contributed by atoms with Crippen LogP contribution in [0, 0.1) is 12.8 Å². The molecular formula is C14H21NO. The second-order valence-electron chi connectivity index (χ2n) is 4.81. The fraction of sp³-hybridized carbons (Fsp3) is 0.571. The van der Waals surface area contributed by atoms with Crippen LogP contribution in [0.3, 0.4) is 0 Å². The predicted molar refractivity (Wildman–Crippen MR) is 66.8 cm³/mol. The van der Waals surface area contributed by atoms with E-state index in [9.17, 15) is 0 Å². The van der Waals surface area contributed by atoms with E-state index in [1.807, 2.05) is 7.05 Å². The lowest BCUT2D eigenvalue weighted by atomic mass is 9.87. The lowest BCUT2D eigenvalue weighted by Crippen LogP contribution is -2.31. The molecule has 1 aliphatic rings. The van der Waals surface area contributed by atoms with Gasteiger partial charge in [-0.1, -0.05) is 29.8 Å². The van der Waals surface area contributed by atoms with E-state index in [2.05, 4.69) is 36.5 Å². The molecule has 0 amide bonds. The first-order valence-electron chi connectivity index (χ1n) is 6.08. The van der Waals surface area contributed by atoms with Crippen molar-refractivity contribution in [2.45, 2.75) is 19.3 Å². The van der Waals surface area contributed by atoms with Crippen LogP contribution in [0.1, 0.15) is 23.5 Å². The summed E-state index contributed by atoms with van der Waals surface area (Å²) in [7, 11) is 2.03. The van der Waals surface area contributed by atoms with Crippen molar-refractivity contribution in [3.05, 3.63) is 35.4 Å². The van der Waals surface area contributed by atoms with Gasteiger partial charge in [0.05, 0.1) is 13.2 Å². The van der Waals surface area contributed by atoms with Crippen molar-refractivity contribution in [1.29, 1.82) is 0 Å². The minimum atomic E-state index is 0.624. The number of hydrogen-bond donors (Lipinski definition) is 1. The van der Waals surface area contributed by atoms with E-state index >= 15 is 0 Å². The highest BCUT2D eigenvalue weighted by molar-refractivity contribution is 5.26. The van der Waals surface area contributed by atoms with Crippen molar-refractivity contribution in [1.82, 2.24) is 5.32 Å². The molecule has 1 aromatic carbocycles. The van der Waals surface area contributed by atoms with Crippen LogP contribution >= 0.6 is 0 Å². The summed E-state index contributed by atoms with van der Waals surface area (Å²) in [5.41, 5.74) is 2.81. The van der Waals surface area contributed by atoms with E-state index in [0.717, 1.165) is 25.7 Å². The zero-order valence-corrected chi connectivity index (χ0v) is 10.2. The first-order valence-corrected chi connectivity index (χ1v) is 6.08. The van der Waals surface area contributed by atoms with Crippen molar-refractivity contribution in [3.63, 3.8) is 0 Å². The summed E-state index contributed by atoms with van der Waals surface area (Å²) in [6.07, 6.45) is 1.24. The summed E-state index contributed by atoms with van der Waals surface area (Å²) in [5, 5.41) is 3.30. The van der Waals surface area contributed by atoms with Crippen molar-refractivity contribution in [2.24, 2.45) is 5.92 Å². The zero-order valence-electron chi connectivity index (χ0n) is 10.2. The number of nitrogens with one attached hydrogen (secondary N) is 1. The summed E-state index contributed by atoms with van der Waals surface area (Å²) in [6.45, 7) is 5.12. The van der Waals surface area contributed by atoms with Crippen LogP contribution in [0.2, 0.25) is 0 Å². The maximum absolute atomic E-state index is 5.25. The van der Waals surface area contributed by atoms with E-state index in [-0.39, 0.29) is 0 Å². The van der Waals surface area contributed by atoms with Crippen LogP contribution in [-0.4, -0.2) is 26.8 Å². The molecule has 1 aliphatic heterocycles. The van der Waals surface area contributed by atoms with Gasteiger partial charge < -0.3 is 10.1 Å². The van der Waals surface area contributed by atoms with E-state index in [1.165, 1.54) is 17.5 Å². The lowest BCUT2D eigenvalue weighted by molar-refractivity contribution is -0.0384. The van der Waals surface area contributed by atoms with Crippen molar-refractivity contribution in [3.8, 4) is 0 Å². The molecule has 0 bridgehead atoms. The van der Waals surface area contributed by atoms with Crippen molar-refractivity contribution < 1.29 is 4.74 Å². The van der Waals surface area contributed by atoms with Gasteiger partial charge in [-0.05, 0) is 31.9 Å². The molecule has 1 unspecified atom stereocenters. The van der Waals surface area contributed by atoms with Gasteiger partial charge in [0, 0.05) is 12.5 Å². The smallest absolute Gasteiger partial charge is 0.0516 e. The minimum absolute atomic E-state index is 0.624. The SMILES string of the molecule is CNCC(CC1COC1)c1cccc(C)c1. The fourth-order valence-corrected chi connectivity index (χ4v) is 2.33. The average Bonchev–Trinajstić information content (AvgIpc) is 2.21. The Morgan fingerprint density at radius 1 is 1.44 bits per heavy atom. The first kappa shape index (κ1) is 11.6. The molecule has 2 rings (SSSR count). The molecule has 1 fully saturated rings. The number of ether oxygens (including phenoxy) is 1. The molecule has 2 nitrogen and oxygen atoms in total. The molecule has 2 heteroatoms. The Morgan fingerprint density at radius 2 is 2.25 bits per heavy atom. The summed E-state index contributed by atoms with van der Waals surface area (Å²) < 4.78 is 5.25.